The van der Waals surface area contributed by atoms with E-state index in [0.29, 0.717) is 12.8 Å². The van der Waals surface area contributed by atoms with E-state index >= 15 is 0 Å². The summed E-state index contributed by atoms with van der Waals surface area (Å²) < 4.78 is 12.0. The zero-order valence-electron chi connectivity index (χ0n) is 28.9. The Kier molecular flexibility index (Phi) is 9.40. The van der Waals surface area contributed by atoms with E-state index in [2.05, 4.69) is 108 Å². The molecular weight excluding hydrogens is 595 g/mol. The van der Waals surface area contributed by atoms with Gasteiger partial charge in [-0.2, -0.15) is 0 Å². The molecule has 4 heteroatoms. The van der Waals surface area contributed by atoms with Crippen molar-refractivity contribution in [2.24, 2.45) is 0 Å². The van der Waals surface area contributed by atoms with Crippen LogP contribution in [-0.2, 0) is 4.79 Å². The van der Waals surface area contributed by atoms with Crippen LogP contribution in [0.4, 0.5) is 0 Å². The molecule has 1 saturated heterocycles. The monoisotopic (exact) mass is 640 g/mol. The second-order valence-electron chi connectivity index (χ2n) is 13.1. The number of hydrogen-bond donors (Lipinski definition) is 0. The first kappa shape index (κ1) is 32.7. The van der Waals surface area contributed by atoms with Crippen molar-refractivity contribution in [1.29, 1.82) is 0 Å². The highest BCUT2D eigenvalue weighted by molar-refractivity contribution is 7.67. The maximum absolute atomic E-state index is 13.9. The predicted molar refractivity (Wildman–Crippen MR) is 198 cm³/mol. The van der Waals surface area contributed by atoms with Gasteiger partial charge in [0.1, 0.15) is 17.3 Å². The van der Waals surface area contributed by atoms with Crippen LogP contribution in [0.25, 0.3) is 22.3 Å². The first-order valence-electron chi connectivity index (χ1n) is 16.5. The molecule has 1 aliphatic rings. The van der Waals surface area contributed by atoms with Crippen LogP contribution >= 0.6 is 7.92 Å². The molecule has 2 unspecified atom stereocenters. The number of rotatable bonds is 7. The Balaban J connectivity index is 1.78. The summed E-state index contributed by atoms with van der Waals surface area (Å²) in [6, 6.07) is 32.7. The lowest BCUT2D eigenvalue weighted by Gasteiger charge is -2.42. The SMILES string of the molecule is COc1ccccc1C1CC(=O)CC(c2ccccc2OC)P1c1c(-c2c(C)cc(C)cc2C)cccc1-c1c(C)cc(C)cc1C. The number of ketones is 1. The number of carbonyl (C=O) groups excluding carboxylic acids is 1. The number of carbonyl (C=O) groups is 1. The van der Waals surface area contributed by atoms with Crippen molar-refractivity contribution in [1.82, 2.24) is 0 Å². The molecule has 47 heavy (non-hydrogen) atoms. The zero-order valence-corrected chi connectivity index (χ0v) is 29.8. The topological polar surface area (TPSA) is 35.5 Å². The number of para-hydroxylation sites is 2. The Bertz CT molecular complexity index is 1790. The highest BCUT2D eigenvalue weighted by Crippen LogP contribution is 2.69. The lowest BCUT2D eigenvalue weighted by Crippen LogP contribution is -2.26. The fourth-order valence-corrected chi connectivity index (χ4v) is 11.9. The predicted octanol–water partition coefficient (Wildman–Crippen LogP) is 10.8. The molecule has 6 rings (SSSR count). The average Bonchev–Trinajstić information content (AvgIpc) is 3.03. The third-order valence-electron chi connectivity index (χ3n) is 9.70. The molecule has 0 amide bonds. The fourth-order valence-electron chi connectivity index (χ4n) is 8.08. The minimum absolute atomic E-state index is 0.0469. The van der Waals surface area contributed by atoms with E-state index in [0.717, 1.165) is 22.6 Å². The number of hydrogen-bond acceptors (Lipinski definition) is 3. The van der Waals surface area contributed by atoms with Gasteiger partial charge in [-0.3, -0.25) is 4.79 Å². The van der Waals surface area contributed by atoms with E-state index in [9.17, 15) is 4.79 Å². The van der Waals surface area contributed by atoms with Gasteiger partial charge < -0.3 is 9.47 Å². The molecule has 5 aromatic carbocycles. The first-order chi connectivity index (χ1) is 22.6. The van der Waals surface area contributed by atoms with Crippen LogP contribution < -0.4 is 14.8 Å². The average molecular weight is 641 g/mol. The van der Waals surface area contributed by atoms with E-state index in [1.54, 1.807) is 14.2 Å². The van der Waals surface area contributed by atoms with Crippen LogP contribution in [-0.4, -0.2) is 20.0 Å². The maximum atomic E-state index is 13.9. The summed E-state index contributed by atoms with van der Waals surface area (Å²) in [6.07, 6.45) is 0.951. The van der Waals surface area contributed by atoms with Gasteiger partial charge in [0.25, 0.3) is 0 Å². The van der Waals surface area contributed by atoms with Crippen molar-refractivity contribution >= 4 is 19.0 Å². The van der Waals surface area contributed by atoms with Crippen LogP contribution in [0.15, 0.2) is 91.0 Å². The molecule has 0 aliphatic carbocycles. The minimum Gasteiger partial charge on any atom is -0.496 e. The smallest absolute Gasteiger partial charge is 0.134 e. The van der Waals surface area contributed by atoms with Gasteiger partial charge in [0, 0.05) is 35.3 Å². The van der Waals surface area contributed by atoms with Crippen molar-refractivity contribution in [3.8, 4) is 33.8 Å². The summed E-state index contributed by atoms with van der Waals surface area (Å²) in [5.41, 5.74) is 14.8. The van der Waals surface area contributed by atoms with E-state index < -0.39 is 7.92 Å². The lowest BCUT2D eigenvalue weighted by molar-refractivity contribution is -0.119. The van der Waals surface area contributed by atoms with Crippen molar-refractivity contribution in [3.63, 3.8) is 0 Å². The number of benzene rings is 5. The van der Waals surface area contributed by atoms with Gasteiger partial charge in [-0.05, 0) is 103 Å². The number of aryl methyl sites for hydroxylation is 6. The Hall–Kier alpha value is -4.20. The molecule has 3 nitrogen and oxygen atoms in total. The molecule has 0 spiro atoms. The van der Waals surface area contributed by atoms with E-state index in [1.165, 1.54) is 60.9 Å². The minimum atomic E-state index is -1.05. The number of ether oxygens (including phenoxy) is 2. The second kappa shape index (κ2) is 13.5. The third-order valence-corrected chi connectivity index (χ3v) is 13.0. The lowest BCUT2D eigenvalue weighted by atomic mass is 9.89. The summed E-state index contributed by atoms with van der Waals surface area (Å²) in [6.45, 7) is 13.3. The largest absolute Gasteiger partial charge is 0.496 e. The number of methoxy groups -OCH3 is 2. The molecule has 0 saturated carbocycles. The zero-order chi connectivity index (χ0) is 33.4. The summed E-state index contributed by atoms with van der Waals surface area (Å²) in [7, 11) is 2.42. The normalized spacial score (nSPS) is 17.9. The van der Waals surface area contributed by atoms with Gasteiger partial charge in [0.05, 0.1) is 14.2 Å². The van der Waals surface area contributed by atoms with Crippen molar-refractivity contribution < 1.29 is 14.3 Å². The Morgan fingerprint density at radius 3 is 1.32 bits per heavy atom. The fraction of sp³-hybridized carbons (Fsp3) is 0.279. The van der Waals surface area contributed by atoms with Gasteiger partial charge in [-0.15, -0.1) is 0 Å². The van der Waals surface area contributed by atoms with Gasteiger partial charge in [0.2, 0.25) is 0 Å². The van der Waals surface area contributed by atoms with Crippen molar-refractivity contribution in [2.75, 3.05) is 14.2 Å². The van der Waals surface area contributed by atoms with E-state index in [-0.39, 0.29) is 17.1 Å². The Labute approximate surface area is 281 Å². The summed E-state index contributed by atoms with van der Waals surface area (Å²) in [5, 5.41) is 1.35. The molecule has 0 N–H and O–H groups in total. The number of Topliss-reactive ketones (excluding diaryl/α,β-unsaturated/α-hetero) is 1. The van der Waals surface area contributed by atoms with E-state index in [1.807, 2.05) is 24.3 Å². The van der Waals surface area contributed by atoms with Crippen LogP contribution in [0.5, 0.6) is 11.5 Å². The highest BCUT2D eigenvalue weighted by Gasteiger charge is 2.43. The molecule has 0 bridgehead atoms. The summed E-state index contributed by atoms with van der Waals surface area (Å²) >= 11 is 0. The Morgan fingerprint density at radius 1 is 0.553 bits per heavy atom. The maximum Gasteiger partial charge on any atom is 0.134 e. The van der Waals surface area contributed by atoms with Crippen LogP contribution in [0, 0.1) is 41.5 Å². The summed E-state index contributed by atoms with van der Waals surface area (Å²) in [5.74, 6) is 1.95. The van der Waals surface area contributed by atoms with Gasteiger partial charge in [-0.1, -0.05) is 97.9 Å². The first-order valence-corrected chi connectivity index (χ1v) is 18.0. The molecule has 240 valence electrons. The third kappa shape index (κ3) is 6.15. The van der Waals surface area contributed by atoms with Crippen molar-refractivity contribution in [3.05, 3.63) is 136 Å². The molecule has 5 aromatic rings. The van der Waals surface area contributed by atoms with Crippen LogP contribution in [0.3, 0.4) is 0 Å². The highest BCUT2D eigenvalue weighted by atomic mass is 31.1. The molecular formula is C43H45O3P. The van der Waals surface area contributed by atoms with E-state index in [4.69, 9.17) is 9.47 Å². The second-order valence-corrected chi connectivity index (χ2v) is 15.6. The molecule has 0 aromatic heterocycles. The molecule has 1 fully saturated rings. The molecule has 1 heterocycles. The van der Waals surface area contributed by atoms with Crippen molar-refractivity contribution in [2.45, 2.75) is 65.7 Å². The quantitative estimate of drug-likeness (QED) is 0.166. The molecule has 0 radical (unpaired) electrons. The van der Waals surface area contributed by atoms with Gasteiger partial charge >= 0.3 is 0 Å². The molecule has 2 atom stereocenters. The van der Waals surface area contributed by atoms with Crippen LogP contribution in [0.2, 0.25) is 0 Å². The molecule has 1 aliphatic heterocycles. The Morgan fingerprint density at radius 2 is 0.936 bits per heavy atom. The standard InChI is InChI=1S/C43H45O3P/c1-26-20-28(3)41(29(4)21-26)35-16-13-17-36(42-30(5)22-27(2)23-31(42)6)43(35)47-39(33-14-9-11-18-37(33)45-7)24-32(44)25-40(47)34-15-10-12-19-38(34)46-8/h9-23,39-40H,24-25H2,1-8H3. The van der Waals surface area contributed by atoms with Gasteiger partial charge in [-0.25, -0.2) is 0 Å². The van der Waals surface area contributed by atoms with Crippen LogP contribution in [0.1, 0.15) is 68.7 Å². The van der Waals surface area contributed by atoms with Gasteiger partial charge in [0.15, 0.2) is 0 Å². The summed E-state index contributed by atoms with van der Waals surface area (Å²) in [4.78, 5) is 13.9.